The monoisotopic (exact) mass is 388 g/mol. The first-order valence-electron chi connectivity index (χ1n) is 5.52. The molecule has 0 aromatic rings. The van der Waals surface area contributed by atoms with E-state index >= 15 is 0 Å². The molecule has 0 bridgehead atoms. The molecule has 0 radical (unpaired) electrons. The average Bonchev–Trinajstić information content (AvgIpc) is 2.49. The molecule has 132 valence electrons. The summed E-state index contributed by atoms with van der Waals surface area (Å²) in [6, 6.07) is 0. The van der Waals surface area contributed by atoms with Crippen molar-refractivity contribution in [3.8, 4) is 0 Å². The molecule has 0 aromatic carbocycles. The molecule has 4 unspecified atom stereocenters. The van der Waals surface area contributed by atoms with Crippen LogP contribution in [-0.2, 0) is 31.6 Å². The fourth-order valence-corrected chi connectivity index (χ4v) is 4.57. The Morgan fingerprint density at radius 1 is 0.955 bits per heavy atom. The third kappa shape index (κ3) is 6.42. The summed E-state index contributed by atoms with van der Waals surface area (Å²) in [5.74, 6) is 0. The van der Waals surface area contributed by atoms with Gasteiger partial charge in [-0.05, 0) is 6.92 Å². The van der Waals surface area contributed by atoms with Gasteiger partial charge in [-0.3, -0.25) is 4.52 Å². The standard InChI is InChI=1S/C6H15O13P3/c1-3-5(7)6(8)4(17-3)2-16-21(12,13)19-22(14,15)18-20(9,10)11/h3-8H,2H2,1H3,(H,12,13)(H,14,15)(H2,9,10,11)/t3?,4?,5-,6+/m0/s1. The Hall–Kier alpha value is 0.290. The first-order valence-corrected chi connectivity index (χ1v) is 10.0. The Bertz CT molecular complexity index is 528. The van der Waals surface area contributed by atoms with E-state index in [1.54, 1.807) is 0 Å². The Balaban J connectivity index is 2.60. The van der Waals surface area contributed by atoms with E-state index < -0.39 is 54.5 Å². The Morgan fingerprint density at radius 2 is 1.50 bits per heavy atom. The largest absolute Gasteiger partial charge is 0.490 e. The highest BCUT2D eigenvalue weighted by atomic mass is 31.3. The fraction of sp³-hybridized carbons (Fsp3) is 1.00. The van der Waals surface area contributed by atoms with Gasteiger partial charge in [0, 0.05) is 0 Å². The number of hydrogen-bond acceptors (Lipinski definition) is 9. The number of hydrogen-bond donors (Lipinski definition) is 6. The summed E-state index contributed by atoms with van der Waals surface area (Å²) in [5, 5.41) is 18.9. The van der Waals surface area contributed by atoms with E-state index in [-0.39, 0.29) is 0 Å². The minimum Gasteiger partial charge on any atom is -0.388 e. The zero-order valence-corrected chi connectivity index (χ0v) is 13.6. The van der Waals surface area contributed by atoms with Crippen molar-refractivity contribution in [3.63, 3.8) is 0 Å². The third-order valence-electron chi connectivity index (χ3n) is 2.42. The number of phosphoric acid groups is 3. The highest BCUT2D eigenvalue weighted by Gasteiger charge is 2.44. The van der Waals surface area contributed by atoms with Gasteiger partial charge in [0.2, 0.25) is 0 Å². The number of aliphatic hydroxyl groups excluding tert-OH is 2. The fourth-order valence-electron chi connectivity index (χ4n) is 1.54. The van der Waals surface area contributed by atoms with E-state index in [1.807, 2.05) is 0 Å². The smallest absolute Gasteiger partial charge is 0.388 e. The quantitative estimate of drug-likeness (QED) is 0.285. The predicted molar refractivity (Wildman–Crippen MR) is 66.2 cm³/mol. The lowest BCUT2D eigenvalue weighted by Crippen LogP contribution is -2.33. The first kappa shape index (κ1) is 20.3. The van der Waals surface area contributed by atoms with Crippen molar-refractivity contribution in [1.29, 1.82) is 0 Å². The van der Waals surface area contributed by atoms with Gasteiger partial charge in [-0.2, -0.15) is 8.62 Å². The summed E-state index contributed by atoms with van der Waals surface area (Å²) >= 11 is 0. The van der Waals surface area contributed by atoms with E-state index in [9.17, 15) is 28.8 Å². The molecule has 1 fully saturated rings. The van der Waals surface area contributed by atoms with Gasteiger partial charge in [0.1, 0.15) is 18.3 Å². The Labute approximate surface area is 123 Å². The topological polar surface area (TPSA) is 210 Å². The van der Waals surface area contributed by atoms with E-state index in [1.165, 1.54) is 6.92 Å². The Kier molecular flexibility index (Phi) is 6.51. The minimum atomic E-state index is -5.59. The molecule has 0 aromatic heterocycles. The second-order valence-electron chi connectivity index (χ2n) is 4.25. The molecule has 0 amide bonds. The molecule has 1 saturated heterocycles. The summed E-state index contributed by atoms with van der Waals surface area (Å²) in [6.07, 6.45) is -4.73. The molecule has 1 heterocycles. The average molecular weight is 388 g/mol. The number of ether oxygens (including phenoxy) is 1. The van der Waals surface area contributed by atoms with Crippen molar-refractivity contribution in [3.05, 3.63) is 0 Å². The van der Waals surface area contributed by atoms with Crippen molar-refractivity contribution in [2.24, 2.45) is 0 Å². The molecule has 6 atom stereocenters. The molecular formula is C6H15O13P3. The molecule has 1 aliphatic heterocycles. The van der Waals surface area contributed by atoms with E-state index in [0.717, 1.165) is 0 Å². The van der Waals surface area contributed by atoms with Crippen LogP contribution in [0.25, 0.3) is 0 Å². The highest BCUT2D eigenvalue weighted by molar-refractivity contribution is 7.66. The molecule has 0 saturated carbocycles. The van der Waals surface area contributed by atoms with Crippen LogP contribution in [0.1, 0.15) is 6.92 Å². The second kappa shape index (κ2) is 7.04. The lowest BCUT2D eigenvalue weighted by atomic mass is 10.1. The van der Waals surface area contributed by atoms with E-state index in [2.05, 4.69) is 13.1 Å². The first-order chi connectivity index (χ1) is 9.72. The zero-order valence-electron chi connectivity index (χ0n) is 10.9. The second-order valence-corrected chi connectivity index (χ2v) is 8.67. The Morgan fingerprint density at radius 3 is 1.91 bits per heavy atom. The van der Waals surface area contributed by atoms with Crippen LogP contribution in [0.3, 0.4) is 0 Å². The summed E-state index contributed by atoms with van der Waals surface area (Å²) in [5.41, 5.74) is 0. The summed E-state index contributed by atoms with van der Waals surface area (Å²) in [4.78, 5) is 34.7. The molecule has 1 aliphatic rings. The van der Waals surface area contributed by atoms with Crippen molar-refractivity contribution < 1.29 is 61.4 Å². The third-order valence-corrected chi connectivity index (χ3v) is 6.22. The summed E-state index contributed by atoms with van der Waals surface area (Å²) in [7, 11) is -16.3. The van der Waals surface area contributed by atoms with Crippen LogP contribution in [0.4, 0.5) is 0 Å². The van der Waals surface area contributed by atoms with Crippen LogP contribution < -0.4 is 0 Å². The van der Waals surface area contributed by atoms with Gasteiger partial charge in [0.15, 0.2) is 0 Å². The van der Waals surface area contributed by atoms with E-state index in [4.69, 9.17) is 19.4 Å². The van der Waals surface area contributed by atoms with Crippen molar-refractivity contribution in [2.75, 3.05) is 6.61 Å². The van der Waals surface area contributed by atoms with Gasteiger partial charge in [-0.1, -0.05) is 0 Å². The van der Waals surface area contributed by atoms with Gasteiger partial charge >= 0.3 is 23.5 Å². The summed E-state index contributed by atoms with van der Waals surface area (Å²) in [6.45, 7) is 0.602. The van der Waals surface area contributed by atoms with Crippen LogP contribution in [0, 0.1) is 0 Å². The van der Waals surface area contributed by atoms with Crippen LogP contribution in [0.15, 0.2) is 0 Å². The lowest BCUT2D eigenvalue weighted by Gasteiger charge is -2.19. The van der Waals surface area contributed by atoms with E-state index in [0.29, 0.717) is 0 Å². The number of phosphoric ester groups is 1. The van der Waals surface area contributed by atoms with Gasteiger partial charge < -0.3 is 34.5 Å². The normalized spacial score (nSPS) is 35.0. The maximum absolute atomic E-state index is 11.4. The predicted octanol–water partition coefficient (Wildman–Crippen LogP) is -1.16. The molecule has 16 heteroatoms. The van der Waals surface area contributed by atoms with Crippen molar-refractivity contribution in [2.45, 2.75) is 31.3 Å². The molecule has 0 spiro atoms. The zero-order chi connectivity index (χ0) is 17.3. The number of rotatable bonds is 7. The SMILES string of the molecule is CC1OC(COP(=O)(O)OP(=O)(O)OP(=O)(O)O)[C@@H](O)[C@H]1O. The molecule has 22 heavy (non-hydrogen) atoms. The molecule has 0 aliphatic carbocycles. The molecule has 13 nitrogen and oxygen atoms in total. The lowest BCUT2D eigenvalue weighted by molar-refractivity contribution is -0.0168. The van der Waals surface area contributed by atoms with Crippen molar-refractivity contribution in [1.82, 2.24) is 0 Å². The van der Waals surface area contributed by atoms with Gasteiger partial charge in [0.05, 0.1) is 12.7 Å². The van der Waals surface area contributed by atoms with Crippen molar-refractivity contribution >= 4 is 23.5 Å². The van der Waals surface area contributed by atoms with Gasteiger partial charge in [-0.15, -0.1) is 0 Å². The van der Waals surface area contributed by atoms with Gasteiger partial charge in [0.25, 0.3) is 0 Å². The highest BCUT2D eigenvalue weighted by Crippen LogP contribution is 2.66. The molecule has 6 N–H and O–H groups in total. The minimum absolute atomic E-state index is 0.787. The molecular weight excluding hydrogens is 373 g/mol. The maximum atomic E-state index is 11.4. The maximum Gasteiger partial charge on any atom is 0.490 e. The van der Waals surface area contributed by atoms with Gasteiger partial charge in [-0.25, -0.2) is 13.7 Å². The van der Waals surface area contributed by atoms with Crippen LogP contribution in [-0.4, -0.2) is 60.8 Å². The van der Waals surface area contributed by atoms with Crippen LogP contribution >= 0.6 is 23.5 Å². The molecule has 1 rings (SSSR count). The summed E-state index contributed by atoms with van der Waals surface area (Å²) < 4.78 is 49.1. The van der Waals surface area contributed by atoms with Crippen LogP contribution in [0.5, 0.6) is 0 Å². The van der Waals surface area contributed by atoms with Crippen LogP contribution in [0.2, 0.25) is 0 Å². The number of aliphatic hydroxyl groups is 2.